The third-order valence-corrected chi connectivity index (χ3v) is 3.10. The molecule has 0 aliphatic carbocycles. The number of nitrogens with zero attached hydrogens (tertiary/aromatic N) is 2. The Hall–Kier alpha value is -2.56. The number of carbonyl (C=O) groups is 2. The average Bonchev–Trinajstić information content (AvgIpc) is 2.47. The van der Waals surface area contributed by atoms with Crippen LogP contribution < -0.4 is 5.32 Å². The van der Waals surface area contributed by atoms with Crippen molar-refractivity contribution in [2.24, 2.45) is 0 Å². The van der Waals surface area contributed by atoms with Gasteiger partial charge in [-0.15, -0.1) is 0 Å². The summed E-state index contributed by atoms with van der Waals surface area (Å²) in [6, 6.07) is 8.58. The number of ketones is 1. The van der Waals surface area contributed by atoms with Crippen LogP contribution in [0.1, 0.15) is 46.0 Å². The molecule has 0 aliphatic heterocycles. The molecule has 0 bridgehead atoms. The van der Waals surface area contributed by atoms with E-state index in [4.69, 9.17) is 0 Å². The Balaban J connectivity index is 2.28. The van der Waals surface area contributed by atoms with Gasteiger partial charge in [0, 0.05) is 11.3 Å². The topological polar surface area (TPSA) is 72.0 Å². The molecule has 108 valence electrons. The standard InChI is InChI=1S/C16H17N3O2/c1-4-15-14(8-10(2)18-19-15)16(21)17-13-7-5-6-12(9-13)11(3)20/h5-9H,4H2,1-3H3,(H,17,21). The highest BCUT2D eigenvalue weighted by Gasteiger charge is 2.13. The summed E-state index contributed by atoms with van der Waals surface area (Å²) in [6.45, 7) is 5.21. The first-order chi connectivity index (χ1) is 10.0. The van der Waals surface area contributed by atoms with Gasteiger partial charge in [-0.3, -0.25) is 9.59 Å². The van der Waals surface area contributed by atoms with Crippen LogP contribution in [0.5, 0.6) is 0 Å². The fourth-order valence-corrected chi connectivity index (χ4v) is 1.99. The first-order valence-corrected chi connectivity index (χ1v) is 6.76. The minimum absolute atomic E-state index is 0.0400. The predicted octanol–water partition coefficient (Wildman–Crippen LogP) is 2.80. The molecule has 0 unspecified atom stereocenters. The highest BCUT2D eigenvalue weighted by Crippen LogP contribution is 2.14. The number of anilines is 1. The number of aryl methyl sites for hydroxylation is 2. The summed E-state index contributed by atoms with van der Waals surface area (Å²) in [5.41, 5.74) is 3.01. The molecule has 5 heteroatoms. The molecule has 0 saturated carbocycles. The number of carbonyl (C=O) groups excluding carboxylic acids is 2. The van der Waals surface area contributed by atoms with E-state index in [1.807, 2.05) is 6.92 Å². The molecule has 0 fully saturated rings. The number of hydrogen-bond donors (Lipinski definition) is 1. The molecule has 2 rings (SSSR count). The van der Waals surface area contributed by atoms with Crippen molar-refractivity contribution in [3.8, 4) is 0 Å². The first-order valence-electron chi connectivity index (χ1n) is 6.76. The molecular formula is C16H17N3O2. The normalized spacial score (nSPS) is 10.2. The molecule has 2 aromatic rings. The average molecular weight is 283 g/mol. The Morgan fingerprint density at radius 1 is 1.19 bits per heavy atom. The van der Waals surface area contributed by atoms with Gasteiger partial charge in [0.1, 0.15) is 0 Å². The zero-order chi connectivity index (χ0) is 15.4. The van der Waals surface area contributed by atoms with Crippen LogP contribution in [0.4, 0.5) is 5.69 Å². The van der Waals surface area contributed by atoms with E-state index in [0.29, 0.717) is 34.6 Å². The van der Waals surface area contributed by atoms with Crippen LogP contribution >= 0.6 is 0 Å². The van der Waals surface area contributed by atoms with Gasteiger partial charge in [0.15, 0.2) is 5.78 Å². The Bertz CT molecular complexity index is 696. The van der Waals surface area contributed by atoms with Crippen molar-refractivity contribution in [1.29, 1.82) is 0 Å². The zero-order valence-corrected chi connectivity index (χ0v) is 12.3. The highest BCUT2D eigenvalue weighted by atomic mass is 16.1. The Morgan fingerprint density at radius 3 is 2.62 bits per heavy atom. The van der Waals surface area contributed by atoms with Gasteiger partial charge >= 0.3 is 0 Å². The second-order valence-corrected chi connectivity index (χ2v) is 4.79. The van der Waals surface area contributed by atoms with Gasteiger partial charge in [-0.1, -0.05) is 19.1 Å². The van der Waals surface area contributed by atoms with Crippen LogP contribution in [0, 0.1) is 6.92 Å². The molecule has 5 nitrogen and oxygen atoms in total. The van der Waals surface area contributed by atoms with Crippen LogP contribution in [-0.2, 0) is 6.42 Å². The van der Waals surface area contributed by atoms with E-state index < -0.39 is 0 Å². The summed E-state index contributed by atoms with van der Waals surface area (Å²) in [7, 11) is 0. The van der Waals surface area contributed by atoms with E-state index in [-0.39, 0.29) is 11.7 Å². The third-order valence-electron chi connectivity index (χ3n) is 3.10. The molecule has 0 radical (unpaired) electrons. The lowest BCUT2D eigenvalue weighted by Crippen LogP contribution is -2.16. The van der Waals surface area contributed by atoms with Crippen LogP contribution in [0.3, 0.4) is 0 Å². The summed E-state index contributed by atoms with van der Waals surface area (Å²) in [5.74, 6) is -0.285. The van der Waals surface area contributed by atoms with E-state index in [1.54, 1.807) is 37.3 Å². The van der Waals surface area contributed by atoms with Crippen LogP contribution in [0.25, 0.3) is 0 Å². The van der Waals surface area contributed by atoms with Crippen LogP contribution in [-0.4, -0.2) is 21.9 Å². The van der Waals surface area contributed by atoms with Gasteiger partial charge in [0.05, 0.1) is 17.0 Å². The summed E-state index contributed by atoms with van der Waals surface area (Å²) >= 11 is 0. The van der Waals surface area contributed by atoms with Crippen molar-refractivity contribution >= 4 is 17.4 Å². The largest absolute Gasteiger partial charge is 0.322 e. The molecule has 1 amide bonds. The van der Waals surface area contributed by atoms with Gasteiger partial charge in [-0.25, -0.2) is 0 Å². The van der Waals surface area contributed by atoms with Crippen molar-refractivity contribution in [2.45, 2.75) is 27.2 Å². The summed E-state index contributed by atoms with van der Waals surface area (Å²) in [5, 5.41) is 10.8. The summed E-state index contributed by atoms with van der Waals surface area (Å²) in [4.78, 5) is 23.7. The van der Waals surface area contributed by atoms with Crippen molar-refractivity contribution < 1.29 is 9.59 Å². The van der Waals surface area contributed by atoms with Gasteiger partial charge in [0.2, 0.25) is 0 Å². The minimum Gasteiger partial charge on any atom is -0.322 e. The van der Waals surface area contributed by atoms with E-state index in [1.165, 1.54) is 6.92 Å². The van der Waals surface area contributed by atoms with E-state index in [9.17, 15) is 9.59 Å². The van der Waals surface area contributed by atoms with Gasteiger partial charge in [0.25, 0.3) is 5.91 Å². The second-order valence-electron chi connectivity index (χ2n) is 4.79. The molecule has 0 saturated heterocycles. The maximum Gasteiger partial charge on any atom is 0.257 e. The molecule has 21 heavy (non-hydrogen) atoms. The fourth-order valence-electron chi connectivity index (χ4n) is 1.99. The van der Waals surface area contributed by atoms with Gasteiger partial charge in [-0.2, -0.15) is 10.2 Å². The predicted molar refractivity (Wildman–Crippen MR) is 80.5 cm³/mol. The maximum absolute atomic E-state index is 12.4. The number of benzene rings is 1. The van der Waals surface area contributed by atoms with Crippen molar-refractivity contribution in [1.82, 2.24) is 10.2 Å². The summed E-state index contributed by atoms with van der Waals surface area (Å²) in [6.07, 6.45) is 0.628. The molecule has 0 spiro atoms. The monoisotopic (exact) mass is 283 g/mol. The van der Waals surface area contributed by atoms with Crippen LogP contribution in [0.15, 0.2) is 30.3 Å². The molecule has 0 atom stereocenters. The highest BCUT2D eigenvalue weighted by molar-refractivity contribution is 6.05. The number of nitrogens with one attached hydrogen (secondary N) is 1. The SMILES string of the molecule is CCc1nnc(C)cc1C(=O)Nc1cccc(C(C)=O)c1. The molecule has 0 aliphatic rings. The second kappa shape index (κ2) is 6.26. The number of aromatic nitrogens is 2. The van der Waals surface area contributed by atoms with E-state index in [0.717, 1.165) is 0 Å². The Kier molecular flexibility index (Phi) is 4.42. The molecule has 1 heterocycles. The molecule has 1 aromatic carbocycles. The smallest absolute Gasteiger partial charge is 0.257 e. The lowest BCUT2D eigenvalue weighted by Gasteiger charge is -2.09. The van der Waals surface area contributed by atoms with Crippen LogP contribution in [0.2, 0.25) is 0 Å². The van der Waals surface area contributed by atoms with E-state index in [2.05, 4.69) is 15.5 Å². The number of amides is 1. The van der Waals surface area contributed by atoms with Crippen molar-refractivity contribution in [2.75, 3.05) is 5.32 Å². The zero-order valence-electron chi connectivity index (χ0n) is 12.3. The van der Waals surface area contributed by atoms with Crippen molar-refractivity contribution in [3.63, 3.8) is 0 Å². The Labute approximate surface area is 123 Å². The van der Waals surface area contributed by atoms with Gasteiger partial charge < -0.3 is 5.32 Å². The fraction of sp³-hybridized carbons (Fsp3) is 0.250. The molecular weight excluding hydrogens is 266 g/mol. The molecule has 1 aromatic heterocycles. The number of rotatable bonds is 4. The minimum atomic E-state index is -0.245. The van der Waals surface area contributed by atoms with Gasteiger partial charge in [-0.05, 0) is 38.5 Å². The maximum atomic E-state index is 12.4. The van der Waals surface area contributed by atoms with E-state index >= 15 is 0 Å². The summed E-state index contributed by atoms with van der Waals surface area (Å²) < 4.78 is 0. The quantitative estimate of drug-likeness (QED) is 0.876. The molecule has 1 N–H and O–H groups in total. The number of hydrogen-bond acceptors (Lipinski definition) is 4. The third kappa shape index (κ3) is 3.51. The lowest BCUT2D eigenvalue weighted by molar-refractivity contribution is 0.101. The number of Topliss-reactive ketones (excluding diaryl/α,β-unsaturated/α-hetero) is 1. The first kappa shape index (κ1) is 14.8. The van der Waals surface area contributed by atoms with Crippen molar-refractivity contribution in [3.05, 3.63) is 52.8 Å². The Morgan fingerprint density at radius 2 is 1.95 bits per heavy atom. The lowest BCUT2D eigenvalue weighted by atomic mass is 10.1.